The number of benzene rings is 2. The Hall–Kier alpha value is -4.24. The number of aromatic nitrogens is 4. The van der Waals surface area contributed by atoms with Crippen LogP contribution in [0.25, 0.3) is 22.3 Å². The van der Waals surface area contributed by atoms with E-state index in [2.05, 4.69) is 9.97 Å². The molecule has 6 rings (SSSR count). The number of rotatable bonds is 7. The minimum Gasteiger partial charge on any atom is -0.457 e. The number of para-hydroxylation sites is 1. The number of amides is 1. The first-order valence-electron chi connectivity index (χ1n) is 13.4. The average Bonchev–Trinajstić information content (AvgIpc) is 3.62. The maximum absolute atomic E-state index is 12.7. The third-order valence-electron chi connectivity index (χ3n) is 7.74. The number of nitrogens with zero attached hydrogens (tertiary/aromatic N) is 6. The van der Waals surface area contributed by atoms with Gasteiger partial charge in [-0.3, -0.25) is 4.79 Å². The molecule has 2 N–H and O–H groups in total. The summed E-state index contributed by atoms with van der Waals surface area (Å²) in [6.45, 7) is 2.34. The summed E-state index contributed by atoms with van der Waals surface area (Å²) in [5.41, 5.74) is 8.82. The molecule has 1 amide bonds. The standard InChI is InChI=1S/C30H33N7O2/c1-35(2)14-6-9-26(38)36-17-21-15-23(16-22(21)18-36)37-30-27(29(31)32-19-33-30)28(34-37)20-10-12-25(13-11-20)39-24-7-4-3-5-8-24/h3-13,19,21-23H,14-18H2,1-2H3,(H2,31,32,33). The number of carbonyl (C=O) groups excluding carboxylic acids is 1. The fourth-order valence-corrected chi connectivity index (χ4v) is 5.87. The van der Waals surface area contributed by atoms with Crippen LogP contribution >= 0.6 is 0 Å². The van der Waals surface area contributed by atoms with Gasteiger partial charge in [0.15, 0.2) is 5.65 Å². The van der Waals surface area contributed by atoms with Gasteiger partial charge in [-0.15, -0.1) is 0 Å². The molecule has 200 valence electrons. The normalized spacial score (nSPS) is 20.8. The highest BCUT2D eigenvalue weighted by molar-refractivity contribution is 5.98. The van der Waals surface area contributed by atoms with Gasteiger partial charge in [-0.05, 0) is 75.2 Å². The number of hydrogen-bond acceptors (Lipinski definition) is 7. The SMILES string of the molecule is CN(C)CC=CC(=O)N1CC2CC(n3nc(-c4ccc(Oc5ccccc5)cc4)c4c(N)ncnc43)CC2C1. The summed E-state index contributed by atoms with van der Waals surface area (Å²) >= 11 is 0. The Kier molecular flexibility index (Phi) is 6.74. The molecule has 4 aromatic rings. The molecule has 9 nitrogen and oxygen atoms in total. The lowest BCUT2D eigenvalue weighted by molar-refractivity contribution is -0.125. The van der Waals surface area contributed by atoms with Crippen LogP contribution in [0.1, 0.15) is 18.9 Å². The summed E-state index contributed by atoms with van der Waals surface area (Å²) < 4.78 is 8.00. The molecule has 0 radical (unpaired) electrons. The van der Waals surface area contributed by atoms with Crippen molar-refractivity contribution >= 4 is 22.8 Å². The van der Waals surface area contributed by atoms with Crippen LogP contribution in [-0.4, -0.2) is 69.2 Å². The summed E-state index contributed by atoms with van der Waals surface area (Å²) in [5.74, 6) is 2.97. The zero-order chi connectivity index (χ0) is 26.9. The molecule has 2 aromatic carbocycles. The van der Waals surface area contributed by atoms with Crippen molar-refractivity contribution in [3.63, 3.8) is 0 Å². The van der Waals surface area contributed by atoms with Gasteiger partial charge in [0.2, 0.25) is 5.91 Å². The molecule has 2 atom stereocenters. The summed E-state index contributed by atoms with van der Waals surface area (Å²) in [6.07, 6.45) is 7.06. The van der Waals surface area contributed by atoms with Crippen LogP contribution in [0.5, 0.6) is 11.5 Å². The number of hydrogen-bond donors (Lipinski definition) is 1. The molecule has 2 aromatic heterocycles. The first-order chi connectivity index (χ1) is 19.0. The monoisotopic (exact) mass is 523 g/mol. The molecule has 2 unspecified atom stereocenters. The van der Waals surface area contributed by atoms with E-state index in [0.29, 0.717) is 17.7 Å². The fraction of sp³-hybridized carbons (Fsp3) is 0.333. The van der Waals surface area contributed by atoms with Crippen LogP contribution in [0.4, 0.5) is 5.82 Å². The Labute approximate surface area is 227 Å². The Balaban J connectivity index is 1.21. The number of carbonyl (C=O) groups is 1. The van der Waals surface area contributed by atoms with E-state index in [1.54, 1.807) is 6.08 Å². The van der Waals surface area contributed by atoms with Crippen molar-refractivity contribution in [1.82, 2.24) is 29.5 Å². The Morgan fingerprint density at radius 2 is 1.72 bits per heavy atom. The highest BCUT2D eigenvalue weighted by Gasteiger charge is 2.43. The highest BCUT2D eigenvalue weighted by atomic mass is 16.5. The van der Waals surface area contributed by atoms with Gasteiger partial charge in [-0.25, -0.2) is 14.6 Å². The number of nitrogen functional groups attached to an aromatic ring is 1. The molecule has 1 aliphatic heterocycles. The topological polar surface area (TPSA) is 102 Å². The van der Waals surface area contributed by atoms with Gasteiger partial charge in [-0.1, -0.05) is 24.3 Å². The van der Waals surface area contributed by atoms with Crippen molar-refractivity contribution in [2.24, 2.45) is 11.8 Å². The van der Waals surface area contributed by atoms with E-state index in [1.807, 2.05) is 89.3 Å². The number of fused-ring (bicyclic) bond motifs is 2. The molecule has 1 aliphatic carbocycles. The van der Waals surface area contributed by atoms with Gasteiger partial charge in [0, 0.05) is 31.3 Å². The summed E-state index contributed by atoms with van der Waals surface area (Å²) in [5, 5.41) is 5.82. The third-order valence-corrected chi connectivity index (χ3v) is 7.74. The lowest BCUT2D eigenvalue weighted by Crippen LogP contribution is -2.28. The Morgan fingerprint density at radius 1 is 1.03 bits per heavy atom. The van der Waals surface area contributed by atoms with Gasteiger partial charge in [0.1, 0.15) is 29.3 Å². The van der Waals surface area contributed by atoms with Gasteiger partial charge < -0.3 is 20.3 Å². The second-order valence-corrected chi connectivity index (χ2v) is 10.7. The van der Waals surface area contributed by atoms with Crippen molar-refractivity contribution in [3.8, 4) is 22.8 Å². The molecular formula is C30H33N7O2. The van der Waals surface area contributed by atoms with Crippen LogP contribution in [0.15, 0.2) is 73.1 Å². The van der Waals surface area contributed by atoms with Crippen LogP contribution in [-0.2, 0) is 4.79 Å². The maximum Gasteiger partial charge on any atom is 0.246 e. The van der Waals surface area contributed by atoms with Crippen molar-refractivity contribution < 1.29 is 9.53 Å². The minimum absolute atomic E-state index is 0.106. The lowest BCUT2D eigenvalue weighted by atomic mass is 10.0. The second-order valence-electron chi connectivity index (χ2n) is 10.7. The zero-order valence-electron chi connectivity index (χ0n) is 22.3. The number of anilines is 1. The molecule has 3 heterocycles. The molecule has 2 aliphatic rings. The van der Waals surface area contributed by atoms with Crippen LogP contribution < -0.4 is 10.5 Å². The number of likely N-dealkylation sites (tertiary alicyclic amines) is 1. The van der Waals surface area contributed by atoms with Gasteiger partial charge in [0.05, 0.1) is 11.4 Å². The molecule has 1 saturated heterocycles. The van der Waals surface area contributed by atoms with E-state index in [1.165, 1.54) is 6.33 Å². The largest absolute Gasteiger partial charge is 0.457 e. The Bertz CT molecular complexity index is 1480. The maximum atomic E-state index is 12.7. The van der Waals surface area contributed by atoms with Gasteiger partial charge >= 0.3 is 0 Å². The average molecular weight is 524 g/mol. The van der Waals surface area contributed by atoms with E-state index < -0.39 is 0 Å². The summed E-state index contributed by atoms with van der Waals surface area (Å²) in [4.78, 5) is 25.6. The van der Waals surface area contributed by atoms with Gasteiger partial charge in [0.25, 0.3) is 0 Å². The van der Waals surface area contributed by atoms with Crippen LogP contribution in [0.3, 0.4) is 0 Å². The zero-order valence-corrected chi connectivity index (χ0v) is 22.3. The first kappa shape index (κ1) is 25.1. The molecule has 2 fully saturated rings. The predicted molar refractivity (Wildman–Crippen MR) is 151 cm³/mol. The molecule has 1 saturated carbocycles. The molecule has 0 spiro atoms. The molecule has 9 heteroatoms. The summed E-state index contributed by atoms with van der Waals surface area (Å²) in [6, 6.07) is 17.8. The smallest absolute Gasteiger partial charge is 0.246 e. The second kappa shape index (κ2) is 10.5. The van der Waals surface area contributed by atoms with E-state index in [-0.39, 0.29) is 11.9 Å². The Morgan fingerprint density at radius 3 is 2.41 bits per heavy atom. The van der Waals surface area contributed by atoms with Crippen molar-refractivity contribution in [1.29, 1.82) is 0 Å². The fourth-order valence-electron chi connectivity index (χ4n) is 5.87. The summed E-state index contributed by atoms with van der Waals surface area (Å²) in [7, 11) is 3.99. The van der Waals surface area contributed by atoms with E-state index in [9.17, 15) is 4.79 Å². The quantitative estimate of drug-likeness (QED) is 0.358. The number of ether oxygens (including phenoxy) is 1. The van der Waals surface area contributed by atoms with E-state index >= 15 is 0 Å². The minimum atomic E-state index is 0.106. The van der Waals surface area contributed by atoms with Crippen LogP contribution in [0.2, 0.25) is 0 Å². The highest BCUT2D eigenvalue weighted by Crippen LogP contribution is 2.45. The number of nitrogens with two attached hydrogens (primary N) is 1. The van der Waals surface area contributed by atoms with Crippen molar-refractivity contribution in [2.45, 2.75) is 18.9 Å². The predicted octanol–water partition coefficient (Wildman–Crippen LogP) is 4.40. The van der Waals surface area contributed by atoms with E-state index in [0.717, 1.165) is 66.3 Å². The molecule has 0 bridgehead atoms. The van der Waals surface area contributed by atoms with Crippen LogP contribution in [0, 0.1) is 11.8 Å². The van der Waals surface area contributed by atoms with Crippen molar-refractivity contribution in [3.05, 3.63) is 73.1 Å². The van der Waals surface area contributed by atoms with Gasteiger partial charge in [-0.2, -0.15) is 5.10 Å². The third kappa shape index (κ3) is 5.09. The molecule has 39 heavy (non-hydrogen) atoms. The van der Waals surface area contributed by atoms with Crippen molar-refractivity contribution in [2.75, 3.05) is 39.5 Å². The number of likely N-dealkylation sites (N-methyl/N-ethyl adjacent to an activating group) is 1. The van der Waals surface area contributed by atoms with E-state index in [4.69, 9.17) is 15.6 Å². The molecular weight excluding hydrogens is 490 g/mol. The lowest BCUT2D eigenvalue weighted by Gasteiger charge is -2.18. The first-order valence-corrected chi connectivity index (χ1v) is 13.4.